The van der Waals surface area contributed by atoms with Gasteiger partial charge < -0.3 is 9.64 Å². The zero-order valence-corrected chi connectivity index (χ0v) is 14.3. The highest BCUT2D eigenvalue weighted by atomic mass is 16.5. The summed E-state index contributed by atoms with van der Waals surface area (Å²) in [7, 11) is 0. The molecule has 0 aliphatic rings. The number of carbonyl (C=O) groups excluding carboxylic acids is 1. The van der Waals surface area contributed by atoms with E-state index in [9.17, 15) is 4.79 Å². The highest BCUT2D eigenvalue weighted by molar-refractivity contribution is 6.06. The Morgan fingerprint density at radius 1 is 0.840 bits per heavy atom. The van der Waals surface area contributed by atoms with E-state index in [1.54, 1.807) is 4.90 Å². The number of para-hydroxylation sites is 1. The fourth-order valence-corrected chi connectivity index (χ4v) is 2.64. The zero-order valence-electron chi connectivity index (χ0n) is 14.3. The van der Waals surface area contributed by atoms with Gasteiger partial charge in [0.2, 0.25) is 0 Å². The monoisotopic (exact) mass is 331 g/mol. The Kier molecular flexibility index (Phi) is 5.47. The molecule has 0 aliphatic heterocycles. The van der Waals surface area contributed by atoms with Gasteiger partial charge in [-0.15, -0.1) is 0 Å². The summed E-state index contributed by atoms with van der Waals surface area (Å²) in [5, 5.41) is 0. The summed E-state index contributed by atoms with van der Waals surface area (Å²) in [5.74, 6) is 0.742. The summed E-state index contributed by atoms with van der Waals surface area (Å²) in [4.78, 5) is 14.5. The summed E-state index contributed by atoms with van der Waals surface area (Å²) >= 11 is 0. The lowest BCUT2D eigenvalue weighted by molar-refractivity contribution is 0.0988. The van der Waals surface area contributed by atoms with Crippen LogP contribution in [0.3, 0.4) is 0 Å². The number of amides is 1. The van der Waals surface area contributed by atoms with E-state index in [1.165, 1.54) is 0 Å². The highest BCUT2D eigenvalue weighted by Gasteiger charge is 2.15. The number of benzene rings is 3. The molecule has 0 aliphatic carbocycles. The fourth-order valence-electron chi connectivity index (χ4n) is 2.64. The maximum Gasteiger partial charge on any atom is 0.258 e. The molecule has 0 bridgehead atoms. The van der Waals surface area contributed by atoms with Gasteiger partial charge in [-0.05, 0) is 48.9 Å². The molecule has 0 aromatic heterocycles. The van der Waals surface area contributed by atoms with E-state index in [0.29, 0.717) is 18.7 Å². The van der Waals surface area contributed by atoms with Crippen molar-refractivity contribution in [1.29, 1.82) is 0 Å². The summed E-state index contributed by atoms with van der Waals surface area (Å²) in [6.45, 7) is 3.11. The quantitative estimate of drug-likeness (QED) is 0.641. The van der Waals surface area contributed by atoms with Crippen LogP contribution in [0.5, 0.6) is 5.75 Å². The Balaban J connectivity index is 1.68. The molecule has 3 aromatic rings. The van der Waals surface area contributed by atoms with Crippen LogP contribution in [0.4, 0.5) is 5.69 Å². The Bertz CT molecular complexity index is 798. The van der Waals surface area contributed by atoms with Crippen molar-refractivity contribution in [2.24, 2.45) is 0 Å². The predicted molar refractivity (Wildman–Crippen MR) is 101 cm³/mol. The van der Waals surface area contributed by atoms with E-state index >= 15 is 0 Å². The number of nitrogens with zero attached hydrogens (tertiary/aromatic N) is 1. The minimum Gasteiger partial charge on any atom is -0.489 e. The lowest BCUT2D eigenvalue weighted by Crippen LogP contribution is -2.30. The molecule has 1 amide bonds. The van der Waals surface area contributed by atoms with Crippen molar-refractivity contribution in [2.75, 3.05) is 11.4 Å². The fraction of sp³-hybridized carbons (Fsp3) is 0.136. The zero-order chi connectivity index (χ0) is 17.5. The number of carbonyl (C=O) groups is 1. The van der Waals surface area contributed by atoms with E-state index in [4.69, 9.17) is 4.74 Å². The second-order valence-corrected chi connectivity index (χ2v) is 5.68. The standard InChI is InChI=1S/C22H21NO2/c1-2-23(20-11-7-4-8-12-20)22(24)19-13-15-21(16-14-19)25-17-18-9-5-3-6-10-18/h3-16H,2,17H2,1H3. The van der Waals surface area contributed by atoms with Crippen molar-refractivity contribution >= 4 is 11.6 Å². The van der Waals surface area contributed by atoms with Crippen LogP contribution in [0.15, 0.2) is 84.9 Å². The molecule has 0 radical (unpaired) electrons. The van der Waals surface area contributed by atoms with Gasteiger partial charge in [-0.1, -0.05) is 48.5 Å². The van der Waals surface area contributed by atoms with Gasteiger partial charge in [0.1, 0.15) is 12.4 Å². The third-order valence-corrected chi connectivity index (χ3v) is 3.98. The first kappa shape index (κ1) is 16.8. The Labute approximate surface area is 148 Å². The first-order valence-corrected chi connectivity index (χ1v) is 8.41. The third-order valence-electron chi connectivity index (χ3n) is 3.98. The van der Waals surface area contributed by atoms with Crippen LogP contribution >= 0.6 is 0 Å². The lowest BCUT2D eigenvalue weighted by atomic mass is 10.1. The molecule has 3 nitrogen and oxygen atoms in total. The van der Waals surface area contributed by atoms with Gasteiger partial charge in [-0.25, -0.2) is 0 Å². The van der Waals surface area contributed by atoms with Gasteiger partial charge in [0, 0.05) is 17.8 Å². The lowest BCUT2D eigenvalue weighted by Gasteiger charge is -2.21. The minimum atomic E-state index is -0.0108. The molecule has 0 saturated carbocycles. The largest absolute Gasteiger partial charge is 0.489 e. The second kappa shape index (κ2) is 8.15. The van der Waals surface area contributed by atoms with Crippen molar-refractivity contribution < 1.29 is 9.53 Å². The first-order chi connectivity index (χ1) is 12.3. The summed E-state index contributed by atoms with van der Waals surface area (Å²) in [5.41, 5.74) is 2.67. The maximum atomic E-state index is 12.8. The van der Waals surface area contributed by atoms with Crippen LogP contribution in [0, 0.1) is 0 Å². The summed E-state index contributed by atoms with van der Waals surface area (Å²) < 4.78 is 5.77. The molecule has 126 valence electrons. The number of hydrogen-bond acceptors (Lipinski definition) is 2. The molecule has 3 rings (SSSR count). The predicted octanol–water partition coefficient (Wildman–Crippen LogP) is 4.93. The summed E-state index contributed by atoms with van der Waals surface area (Å²) in [6, 6.07) is 27.0. The Morgan fingerprint density at radius 2 is 1.44 bits per heavy atom. The normalized spacial score (nSPS) is 10.3. The SMILES string of the molecule is CCN(C(=O)c1ccc(OCc2ccccc2)cc1)c1ccccc1. The number of rotatable bonds is 6. The van der Waals surface area contributed by atoms with Crippen LogP contribution in [0.2, 0.25) is 0 Å². The Hall–Kier alpha value is -3.07. The minimum absolute atomic E-state index is 0.0108. The van der Waals surface area contributed by atoms with E-state index in [-0.39, 0.29) is 5.91 Å². The maximum absolute atomic E-state index is 12.8. The highest BCUT2D eigenvalue weighted by Crippen LogP contribution is 2.19. The summed E-state index contributed by atoms with van der Waals surface area (Å²) in [6.07, 6.45) is 0. The number of hydrogen-bond donors (Lipinski definition) is 0. The van der Waals surface area contributed by atoms with E-state index in [1.807, 2.05) is 91.9 Å². The number of anilines is 1. The molecule has 0 atom stereocenters. The Morgan fingerprint density at radius 3 is 2.04 bits per heavy atom. The molecule has 25 heavy (non-hydrogen) atoms. The van der Waals surface area contributed by atoms with Crippen molar-refractivity contribution in [3.63, 3.8) is 0 Å². The van der Waals surface area contributed by atoms with Crippen molar-refractivity contribution in [3.8, 4) is 5.75 Å². The molecule has 0 heterocycles. The van der Waals surface area contributed by atoms with Crippen LogP contribution < -0.4 is 9.64 Å². The smallest absolute Gasteiger partial charge is 0.258 e. The molecule has 0 spiro atoms. The van der Waals surface area contributed by atoms with Crippen LogP contribution in [-0.2, 0) is 6.61 Å². The molecule has 0 unspecified atom stereocenters. The topological polar surface area (TPSA) is 29.5 Å². The van der Waals surface area contributed by atoms with Crippen LogP contribution in [-0.4, -0.2) is 12.5 Å². The average molecular weight is 331 g/mol. The van der Waals surface area contributed by atoms with Gasteiger partial charge in [-0.2, -0.15) is 0 Å². The first-order valence-electron chi connectivity index (χ1n) is 8.41. The van der Waals surface area contributed by atoms with Crippen LogP contribution in [0.1, 0.15) is 22.8 Å². The van der Waals surface area contributed by atoms with E-state index in [0.717, 1.165) is 17.0 Å². The van der Waals surface area contributed by atoms with E-state index < -0.39 is 0 Å². The molecule has 0 N–H and O–H groups in total. The average Bonchev–Trinajstić information content (AvgIpc) is 2.69. The molecule has 0 saturated heterocycles. The van der Waals surface area contributed by atoms with Crippen LogP contribution in [0.25, 0.3) is 0 Å². The molecule has 3 heteroatoms. The van der Waals surface area contributed by atoms with E-state index in [2.05, 4.69) is 0 Å². The van der Waals surface area contributed by atoms with Crippen molar-refractivity contribution in [1.82, 2.24) is 0 Å². The second-order valence-electron chi connectivity index (χ2n) is 5.68. The molecular formula is C22H21NO2. The van der Waals surface area contributed by atoms with Crippen molar-refractivity contribution in [2.45, 2.75) is 13.5 Å². The van der Waals surface area contributed by atoms with Gasteiger partial charge in [0.15, 0.2) is 0 Å². The molecule has 0 fully saturated rings. The number of ether oxygens (including phenoxy) is 1. The van der Waals surface area contributed by atoms with Gasteiger partial charge >= 0.3 is 0 Å². The van der Waals surface area contributed by atoms with Gasteiger partial charge in [-0.3, -0.25) is 4.79 Å². The molecule has 3 aromatic carbocycles. The molecular weight excluding hydrogens is 310 g/mol. The van der Waals surface area contributed by atoms with Gasteiger partial charge in [0.25, 0.3) is 5.91 Å². The van der Waals surface area contributed by atoms with Crippen molar-refractivity contribution in [3.05, 3.63) is 96.1 Å². The van der Waals surface area contributed by atoms with Gasteiger partial charge in [0.05, 0.1) is 0 Å². The third kappa shape index (κ3) is 4.27.